The van der Waals surface area contributed by atoms with Crippen LogP contribution in [0.5, 0.6) is 11.5 Å². The molecule has 0 bridgehead atoms. The Morgan fingerprint density at radius 3 is 2.43 bits per heavy atom. The zero-order valence-electron chi connectivity index (χ0n) is 12.6. The first kappa shape index (κ1) is 14.0. The Labute approximate surface area is 125 Å². The molecule has 2 aromatic rings. The van der Waals surface area contributed by atoms with Crippen LogP contribution >= 0.6 is 0 Å². The van der Waals surface area contributed by atoms with E-state index in [0.29, 0.717) is 12.5 Å². The molecule has 3 heteroatoms. The van der Waals surface area contributed by atoms with Gasteiger partial charge < -0.3 is 15.2 Å². The normalized spacial score (nSPS) is 16.6. The maximum Gasteiger partial charge on any atom is 0.130 e. The number of fused-ring (bicyclic) bond motifs is 1. The third-order valence-corrected chi connectivity index (χ3v) is 4.35. The average molecular weight is 283 g/mol. The molecular formula is C18H21NO2. The molecule has 1 aliphatic rings. The Hall–Kier alpha value is -2.00. The van der Waals surface area contributed by atoms with Crippen LogP contribution in [0.25, 0.3) is 11.1 Å². The molecule has 3 rings (SSSR count). The summed E-state index contributed by atoms with van der Waals surface area (Å²) in [6, 6.07) is 12.5. The van der Waals surface area contributed by atoms with E-state index in [1.54, 1.807) is 14.2 Å². The summed E-state index contributed by atoms with van der Waals surface area (Å²) in [5.41, 5.74) is 10.8. The number of methoxy groups -OCH3 is 2. The smallest absolute Gasteiger partial charge is 0.130 e. The topological polar surface area (TPSA) is 44.5 Å². The highest BCUT2D eigenvalue weighted by Crippen LogP contribution is 2.41. The summed E-state index contributed by atoms with van der Waals surface area (Å²) in [5.74, 6) is 2.13. The van der Waals surface area contributed by atoms with Crippen molar-refractivity contribution in [3.8, 4) is 22.6 Å². The first-order chi connectivity index (χ1) is 10.3. The molecule has 0 aliphatic heterocycles. The van der Waals surface area contributed by atoms with Gasteiger partial charge in [-0.3, -0.25) is 0 Å². The number of aryl methyl sites for hydroxylation is 1. The molecule has 0 saturated heterocycles. The highest BCUT2D eigenvalue weighted by atomic mass is 16.5. The number of rotatable bonds is 4. The quantitative estimate of drug-likeness (QED) is 0.935. The van der Waals surface area contributed by atoms with Crippen molar-refractivity contribution < 1.29 is 9.47 Å². The summed E-state index contributed by atoms with van der Waals surface area (Å²) in [4.78, 5) is 0. The molecule has 0 heterocycles. The summed E-state index contributed by atoms with van der Waals surface area (Å²) in [7, 11) is 3.38. The molecule has 2 N–H and O–H groups in total. The number of hydrogen-bond acceptors (Lipinski definition) is 3. The summed E-state index contributed by atoms with van der Waals surface area (Å²) in [5, 5.41) is 0. The summed E-state index contributed by atoms with van der Waals surface area (Å²) < 4.78 is 11.0. The minimum atomic E-state index is 0.473. The van der Waals surface area contributed by atoms with E-state index in [4.69, 9.17) is 15.2 Å². The van der Waals surface area contributed by atoms with E-state index in [-0.39, 0.29) is 0 Å². The average Bonchev–Trinajstić information content (AvgIpc) is 2.96. The fourth-order valence-corrected chi connectivity index (χ4v) is 3.22. The lowest BCUT2D eigenvalue weighted by atomic mass is 9.95. The molecule has 0 saturated carbocycles. The van der Waals surface area contributed by atoms with Crippen molar-refractivity contribution in [2.45, 2.75) is 18.8 Å². The van der Waals surface area contributed by atoms with Gasteiger partial charge in [0, 0.05) is 0 Å². The number of ether oxygens (including phenoxy) is 2. The first-order valence-electron chi connectivity index (χ1n) is 7.32. The second-order valence-corrected chi connectivity index (χ2v) is 5.42. The third-order valence-electron chi connectivity index (χ3n) is 4.35. The molecule has 2 aromatic carbocycles. The zero-order valence-corrected chi connectivity index (χ0v) is 12.6. The molecule has 1 atom stereocenters. The SMILES string of the molecule is COc1cccc(OC)c1-c1ccc2c(c1)C(CN)CC2. The van der Waals surface area contributed by atoms with Crippen LogP contribution in [0.3, 0.4) is 0 Å². The van der Waals surface area contributed by atoms with E-state index in [0.717, 1.165) is 35.5 Å². The van der Waals surface area contributed by atoms with Crippen LogP contribution in [0.15, 0.2) is 36.4 Å². The molecule has 21 heavy (non-hydrogen) atoms. The van der Waals surface area contributed by atoms with E-state index in [1.165, 1.54) is 11.1 Å². The first-order valence-corrected chi connectivity index (χ1v) is 7.32. The van der Waals surface area contributed by atoms with Gasteiger partial charge in [0.25, 0.3) is 0 Å². The van der Waals surface area contributed by atoms with Gasteiger partial charge in [-0.15, -0.1) is 0 Å². The van der Waals surface area contributed by atoms with E-state index in [9.17, 15) is 0 Å². The molecule has 1 aliphatic carbocycles. The van der Waals surface area contributed by atoms with Crippen LogP contribution in [-0.2, 0) is 6.42 Å². The standard InChI is InChI=1S/C18H21NO2/c1-20-16-4-3-5-17(21-2)18(16)13-8-6-12-7-9-14(11-19)15(12)10-13/h3-6,8,10,14H,7,9,11,19H2,1-2H3. The molecular weight excluding hydrogens is 262 g/mol. The summed E-state index contributed by atoms with van der Waals surface area (Å²) in [6.45, 7) is 0.708. The third kappa shape index (κ3) is 2.38. The second kappa shape index (κ2) is 5.78. The van der Waals surface area contributed by atoms with Crippen LogP contribution < -0.4 is 15.2 Å². The van der Waals surface area contributed by atoms with Crippen molar-refractivity contribution in [1.82, 2.24) is 0 Å². The van der Waals surface area contributed by atoms with E-state index in [1.807, 2.05) is 18.2 Å². The molecule has 0 fully saturated rings. The minimum absolute atomic E-state index is 0.473. The van der Waals surface area contributed by atoms with Gasteiger partial charge in [-0.25, -0.2) is 0 Å². The molecule has 0 aromatic heterocycles. The van der Waals surface area contributed by atoms with Gasteiger partial charge in [0.05, 0.1) is 19.8 Å². The summed E-state index contributed by atoms with van der Waals surface area (Å²) in [6.07, 6.45) is 2.28. The van der Waals surface area contributed by atoms with Gasteiger partial charge in [-0.2, -0.15) is 0 Å². The van der Waals surface area contributed by atoms with Gasteiger partial charge in [0.2, 0.25) is 0 Å². The van der Waals surface area contributed by atoms with Crippen LogP contribution in [-0.4, -0.2) is 20.8 Å². The molecule has 0 spiro atoms. The second-order valence-electron chi connectivity index (χ2n) is 5.42. The highest BCUT2D eigenvalue weighted by Gasteiger charge is 2.22. The maximum absolute atomic E-state index is 5.90. The van der Waals surface area contributed by atoms with Gasteiger partial charge >= 0.3 is 0 Å². The Morgan fingerprint density at radius 1 is 1.10 bits per heavy atom. The summed E-state index contributed by atoms with van der Waals surface area (Å²) >= 11 is 0. The van der Waals surface area contributed by atoms with Crippen molar-refractivity contribution in [1.29, 1.82) is 0 Å². The lowest BCUT2D eigenvalue weighted by molar-refractivity contribution is 0.397. The van der Waals surface area contributed by atoms with E-state index in [2.05, 4.69) is 18.2 Å². The number of nitrogens with two attached hydrogens (primary N) is 1. The highest BCUT2D eigenvalue weighted by molar-refractivity contribution is 5.77. The fourth-order valence-electron chi connectivity index (χ4n) is 3.22. The molecule has 110 valence electrons. The predicted molar refractivity (Wildman–Crippen MR) is 85.1 cm³/mol. The van der Waals surface area contributed by atoms with Crippen molar-refractivity contribution in [2.75, 3.05) is 20.8 Å². The van der Waals surface area contributed by atoms with Crippen LogP contribution in [0.1, 0.15) is 23.5 Å². The van der Waals surface area contributed by atoms with Crippen molar-refractivity contribution in [3.63, 3.8) is 0 Å². The molecule has 0 radical (unpaired) electrons. The number of benzene rings is 2. The van der Waals surface area contributed by atoms with E-state index >= 15 is 0 Å². The minimum Gasteiger partial charge on any atom is -0.496 e. The van der Waals surface area contributed by atoms with Gasteiger partial charge in [0.1, 0.15) is 11.5 Å². The Bertz CT molecular complexity index is 629. The van der Waals surface area contributed by atoms with Crippen LogP contribution in [0.2, 0.25) is 0 Å². The van der Waals surface area contributed by atoms with Crippen LogP contribution in [0.4, 0.5) is 0 Å². The van der Waals surface area contributed by atoms with Gasteiger partial charge in [-0.05, 0) is 54.1 Å². The van der Waals surface area contributed by atoms with Crippen LogP contribution in [0, 0.1) is 0 Å². The fraction of sp³-hybridized carbons (Fsp3) is 0.333. The van der Waals surface area contributed by atoms with Gasteiger partial charge in [0.15, 0.2) is 0 Å². The monoisotopic (exact) mass is 283 g/mol. The Morgan fingerprint density at radius 2 is 1.81 bits per heavy atom. The Kier molecular flexibility index (Phi) is 3.84. The molecule has 1 unspecified atom stereocenters. The molecule has 3 nitrogen and oxygen atoms in total. The lowest BCUT2D eigenvalue weighted by Crippen LogP contribution is -2.09. The van der Waals surface area contributed by atoms with Gasteiger partial charge in [-0.1, -0.05) is 24.3 Å². The Balaban J connectivity index is 2.14. The lowest BCUT2D eigenvalue weighted by Gasteiger charge is -2.15. The van der Waals surface area contributed by atoms with E-state index < -0.39 is 0 Å². The number of hydrogen-bond donors (Lipinski definition) is 1. The predicted octanol–water partition coefficient (Wildman–Crippen LogP) is 3.36. The van der Waals surface area contributed by atoms with Crippen molar-refractivity contribution >= 4 is 0 Å². The molecule has 0 amide bonds. The zero-order chi connectivity index (χ0) is 14.8. The largest absolute Gasteiger partial charge is 0.496 e. The maximum atomic E-state index is 5.90. The van der Waals surface area contributed by atoms with Crippen molar-refractivity contribution in [2.24, 2.45) is 5.73 Å². The van der Waals surface area contributed by atoms with Crippen molar-refractivity contribution in [3.05, 3.63) is 47.5 Å².